The zero-order valence-corrected chi connectivity index (χ0v) is 8.47. The second-order valence-corrected chi connectivity index (χ2v) is 3.33. The Labute approximate surface area is 80.1 Å². The van der Waals surface area contributed by atoms with Crippen molar-refractivity contribution >= 4 is 15.9 Å². The van der Waals surface area contributed by atoms with Crippen molar-refractivity contribution in [3.8, 4) is 5.88 Å². The Morgan fingerprint density at radius 2 is 2.42 bits per heavy atom. The van der Waals surface area contributed by atoms with Gasteiger partial charge in [0, 0.05) is 22.8 Å². The van der Waals surface area contributed by atoms with Gasteiger partial charge >= 0.3 is 0 Å². The summed E-state index contributed by atoms with van der Waals surface area (Å²) in [6.45, 7) is 2.97. The Bertz CT molecular complexity index is 265. The van der Waals surface area contributed by atoms with E-state index in [1.165, 1.54) is 0 Å². The number of nitrogens with two attached hydrogens (primary N) is 1. The fourth-order valence-electron chi connectivity index (χ4n) is 0.835. The van der Waals surface area contributed by atoms with Gasteiger partial charge in [-0.25, -0.2) is 4.98 Å². The van der Waals surface area contributed by atoms with Crippen LogP contribution >= 0.6 is 15.9 Å². The molecule has 1 aromatic rings. The lowest BCUT2D eigenvalue weighted by molar-refractivity contribution is 0.313. The van der Waals surface area contributed by atoms with Crippen molar-refractivity contribution in [3.05, 3.63) is 22.3 Å². The number of aromatic nitrogens is 1. The third kappa shape index (κ3) is 2.46. The lowest BCUT2D eigenvalue weighted by Crippen LogP contribution is -2.11. The van der Waals surface area contributed by atoms with Gasteiger partial charge in [-0.05, 0) is 28.9 Å². The molecule has 0 saturated carbocycles. The van der Waals surface area contributed by atoms with Crippen LogP contribution in [0.1, 0.15) is 5.56 Å². The third-order valence-electron chi connectivity index (χ3n) is 1.35. The fraction of sp³-hybridized carbons (Fsp3) is 0.375. The van der Waals surface area contributed by atoms with Crippen LogP contribution in [-0.2, 0) is 0 Å². The van der Waals surface area contributed by atoms with Gasteiger partial charge < -0.3 is 10.5 Å². The second kappa shape index (κ2) is 4.42. The van der Waals surface area contributed by atoms with Crippen LogP contribution in [0.15, 0.2) is 16.7 Å². The maximum Gasteiger partial charge on any atom is 0.216 e. The lowest BCUT2D eigenvalue weighted by Gasteiger charge is -2.05. The fourth-order valence-corrected chi connectivity index (χ4v) is 1.28. The number of hydrogen-bond acceptors (Lipinski definition) is 3. The van der Waals surface area contributed by atoms with Crippen molar-refractivity contribution in [2.24, 2.45) is 5.73 Å². The minimum absolute atomic E-state index is 0.509. The molecule has 2 N–H and O–H groups in total. The van der Waals surface area contributed by atoms with Crippen molar-refractivity contribution in [3.63, 3.8) is 0 Å². The number of hydrogen-bond donors (Lipinski definition) is 1. The van der Waals surface area contributed by atoms with Gasteiger partial charge in [0.1, 0.15) is 6.61 Å². The van der Waals surface area contributed by atoms with Crippen LogP contribution in [0.4, 0.5) is 0 Å². The number of pyridine rings is 1. The van der Waals surface area contributed by atoms with E-state index in [1.54, 1.807) is 6.20 Å². The first-order valence-corrected chi connectivity index (χ1v) is 4.48. The molecule has 0 amide bonds. The van der Waals surface area contributed by atoms with Crippen molar-refractivity contribution in [2.45, 2.75) is 6.92 Å². The van der Waals surface area contributed by atoms with Crippen LogP contribution in [-0.4, -0.2) is 18.1 Å². The molecule has 0 radical (unpaired) electrons. The number of aryl methyl sites for hydroxylation is 1. The van der Waals surface area contributed by atoms with Crippen molar-refractivity contribution in [1.82, 2.24) is 4.98 Å². The normalized spacial score (nSPS) is 9.92. The molecule has 4 heteroatoms. The van der Waals surface area contributed by atoms with Crippen molar-refractivity contribution in [1.29, 1.82) is 0 Å². The molecule has 0 fully saturated rings. The molecule has 0 aliphatic carbocycles. The molecule has 0 bridgehead atoms. The SMILES string of the molecule is Cc1cc(Br)cnc1OCCN. The summed E-state index contributed by atoms with van der Waals surface area (Å²) >= 11 is 3.32. The Hall–Kier alpha value is -0.610. The molecule has 66 valence electrons. The summed E-state index contributed by atoms with van der Waals surface area (Å²) in [5.41, 5.74) is 6.31. The summed E-state index contributed by atoms with van der Waals surface area (Å²) in [6.07, 6.45) is 1.71. The number of nitrogens with zero attached hydrogens (tertiary/aromatic N) is 1. The largest absolute Gasteiger partial charge is 0.476 e. The smallest absolute Gasteiger partial charge is 0.216 e. The molecule has 0 unspecified atom stereocenters. The van der Waals surface area contributed by atoms with Gasteiger partial charge in [-0.2, -0.15) is 0 Å². The summed E-state index contributed by atoms with van der Waals surface area (Å²) in [5, 5.41) is 0. The first-order chi connectivity index (χ1) is 5.74. The maximum atomic E-state index is 5.29. The van der Waals surface area contributed by atoms with Crippen molar-refractivity contribution < 1.29 is 4.74 Å². The predicted molar refractivity (Wildman–Crippen MR) is 51.2 cm³/mol. The zero-order chi connectivity index (χ0) is 8.97. The van der Waals surface area contributed by atoms with Crippen LogP contribution in [0.2, 0.25) is 0 Å². The van der Waals surface area contributed by atoms with Crippen LogP contribution in [0.5, 0.6) is 5.88 Å². The molecular weight excluding hydrogens is 220 g/mol. The molecule has 0 spiro atoms. The molecule has 12 heavy (non-hydrogen) atoms. The molecule has 3 nitrogen and oxygen atoms in total. The molecule has 0 aliphatic heterocycles. The number of rotatable bonds is 3. The van der Waals surface area contributed by atoms with Crippen molar-refractivity contribution in [2.75, 3.05) is 13.2 Å². The molecular formula is C8H11BrN2O. The standard InChI is InChI=1S/C8H11BrN2O/c1-6-4-7(9)5-11-8(6)12-3-2-10/h4-5H,2-3,10H2,1H3. The molecule has 0 aromatic carbocycles. The Morgan fingerprint density at radius 3 is 3.00 bits per heavy atom. The van der Waals surface area contributed by atoms with Crippen LogP contribution in [0.25, 0.3) is 0 Å². The minimum Gasteiger partial charge on any atom is -0.476 e. The topological polar surface area (TPSA) is 48.1 Å². The van der Waals surface area contributed by atoms with E-state index in [0.29, 0.717) is 19.0 Å². The van der Waals surface area contributed by atoms with E-state index < -0.39 is 0 Å². The molecule has 0 aliphatic rings. The van der Waals surface area contributed by atoms with Gasteiger partial charge in [0.15, 0.2) is 0 Å². The summed E-state index contributed by atoms with van der Waals surface area (Å²) in [7, 11) is 0. The molecule has 1 heterocycles. The summed E-state index contributed by atoms with van der Waals surface area (Å²) in [4.78, 5) is 4.09. The van der Waals surface area contributed by atoms with Gasteiger partial charge in [-0.3, -0.25) is 0 Å². The molecule has 1 aromatic heterocycles. The summed E-state index contributed by atoms with van der Waals surface area (Å²) in [6, 6.07) is 1.96. The molecule has 1 rings (SSSR count). The first-order valence-electron chi connectivity index (χ1n) is 3.69. The van der Waals surface area contributed by atoms with Gasteiger partial charge in [0.05, 0.1) is 0 Å². The maximum absolute atomic E-state index is 5.29. The molecule has 0 atom stereocenters. The van der Waals surface area contributed by atoms with Gasteiger partial charge in [-0.15, -0.1) is 0 Å². The van der Waals surface area contributed by atoms with Gasteiger partial charge in [-0.1, -0.05) is 0 Å². The summed E-state index contributed by atoms with van der Waals surface area (Å²) < 4.78 is 6.24. The number of halogens is 1. The number of ether oxygens (including phenoxy) is 1. The van der Waals surface area contributed by atoms with E-state index >= 15 is 0 Å². The zero-order valence-electron chi connectivity index (χ0n) is 6.88. The highest BCUT2D eigenvalue weighted by molar-refractivity contribution is 9.10. The Morgan fingerprint density at radius 1 is 1.67 bits per heavy atom. The monoisotopic (exact) mass is 230 g/mol. The van der Waals surface area contributed by atoms with E-state index in [1.807, 2.05) is 13.0 Å². The van der Waals surface area contributed by atoms with Gasteiger partial charge in [0.2, 0.25) is 5.88 Å². The van der Waals surface area contributed by atoms with Crippen LogP contribution in [0, 0.1) is 6.92 Å². The van der Waals surface area contributed by atoms with Gasteiger partial charge in [0.25, 0.3) is 0 Å². The highest BCUT2D eigenvalue weighted by Crippen LogP contribution is 2.18. The van der Waals surface area contributed by atoms with E-state index in [4.69, 9.17) is 10.5 Å². The Balaban J connectivity index is 2.72. The average Bonchev–Trinajstić information content (AvgIpc) is 2.03. The van der Waals surface area contributed by atoms with Crippen LogP contribution in [0.3, 0.4) is 0 Å². The molecule has 0 saturated heterocycles. The summed E-state index contributed by atoms with van der Waals surface area (Å²) in [5.74, 6) is 0.656. The highest BCUT2D eigenvalue weighted by atomic mass is 79.9. The van der Waals surface area contributed by atoms with E-state index in [0.717, 1.165) is 10.0 Å². The van der Waals surface area contributed by atoms with Crippen LogP contribution < -0.4 is 10.5 Å². The quantitative estimate of drug-likeness (QED) is 0.857. The Kier molecular flexibility index (Phi) is 3.49. The van der Waals surface area contributed by atoms with E-state index in [2.05, 4.69) is 20.9 Å². The first kappa shape index (κ1) is 9.48. The van der Waals surface area contributed by atoms with E-state index in [9.17, 15) is 0 Å². The third-order valence-corrected chi connectivity index (χ3v) is 1.79. The second-order valence-electron chi connectivity index (χ2n) is 2.41. The highest BCUT2D eigenvalue weighted by Gasteiger charge is 2.00. The van der Waals surface area contributed by atoms with E-state index in [-0.39, 0.29) is 0 Å². The average molecular weight is 231 g/mol. The minimum atomic E-state index is 0.509. The lowest BCUT2D eigenvalue weighted by atomic mass is 10.3. The predicted octanol–water partition coefficient (Wildman–Crippen LogP) is 1.49.